The molecule has 1 heterocycles. The van der Waals surface area contributed by atoms with Crippen LogP contribution in [0, 0.1) is 31.6 Å². The number of carbonyl (C=O) groups excluding carboxylic acids is 2. The van der Waals surface area contributed by atoms with E-state index in [-0.39, 0.29) is 48.6 Å². The van der Waals surface area contributed by atoms with Crippen molar-refractivity contribution in [3.05, 3.63) is 29.3 Å². The number of carbonyl (C=O) groups is 2. The molecule has 0 aromatic heterocycles. The van der Waals surface area contributed by atoms with Gasteiger partial charge in [-0.3, -0.25) is 14.5 Å². The molecule has 0 radical (unpaired) electrons. The molecule has 2 aliphatic carbocycles. The highest BCUT2D eigenvalue weighted by Crippen LogP contribution is 2.48. The Morgan fingerprint density at radius 1 is 1.03 bits per heavy atom. The van der Waals surface area contributed by atoms with Gasteiger partial charge in [0.2, 0.25) is 11.8 Å². The van der Waals surface area contributed by atoms with Crippen molar-refractivity contribution < 1.29 is 9.59 Å². The summed E-state index contributed by atoms with van der Waals surface area (Å²) in [6, 6.07) is 6.06. The zero-order valence-electron chi connectivity index (χ0n) is 17.8. The number of nitrogens with two attached hydrogens (primary N) is 1. The van der Waals surface area contributed by atoms with Gasteiger partial charge < -0.3 is 16.0 Å². The molecule has 1 saturated heterocycles. The second-order valence-corrected chi connectivity index (χ2v) is 8.85. The van der Waals surface area contributed by atoms with Crippen LogP contribution in [0.2, 0.25) is 0 Å². The number of benzene rings is 1. The molecule has 2 amide bonds. The van der Waals surface area contributed by atoms with Crippen molar-refractivity contribution in [2.75, 3.05) is 38.0 Å². The third-order valence-electron chi connectivity index (χ3n) is 7.06. The number of aryl methyl sites for hydroxylation is 2. The Hall–Kier alpha value is -1.34. The summed E-state index contributed by atoms with van der Waals surface area (Å²) in [5.74, 6) is 1.33. The first-order valence-corrected chi connectivity index (χ1v) is 10.6. The number of hydrogen-bond donors (Lipinski definition) is 2. The van der Waals surface area contributed by atoms with Crippen LogP contribution >= 0.6 is 24.8 Å². The highest BCUT2D eigenvalue weighted by Gasteiger charge is 2.50. The Bertz CT molecular complexity index is 745. The second kappa shape index (κ2) is 10.3. The molecule has 30 heavy (non-hydrogen) atoms. The SMILES string of the molecule is Cc1cccc(C)c1NC(=O)CN1CCN(C(=O)C2C3CCC(C3)C2N)CC1.Cl.Cl. The molecule has 3 fully saturated rings. The number of amides is 2. The summed E-state index contributed by atoms with van der Waals surface area (Å²) in [7, 11) is 0. The van der Waals surface area contributed by atoms with Crippen LogP contribution in [0.25, 0.3) is 0 Å². The summed E-state index contributed by atoms with van der Waals surface area (Å²) in [5.41, 5.74) is 9.41. The molecule has 4 atom stereocenters. The summed E-state index contributed by atoms with van der Waals surface area (Å²) in [4.78, 5) is 29.6. The zero-order valence-corrected chi connectivity index (χ0v) is 19.4. The molecule has 8 heteroatoms. The fourth-order valence-corrected chi connectivity index (χ4v) is 5.43. The van der Waals surface area contributed by atoms with Crippen molar-refractivity contribution in [3.63, 3.8) is 0 Å². The van der Waals surface area contributed by atoms with E-state index in [0.717, 1.165) is 42.7 Å². The Morgan fingerprint density at radius 2 is 1.63 bits per heavy atom. The molecule has 0 spiro atoms. The highest BCUT2D eigenvalue weighted by molar-refractivity contribution is 5.93. The maximum atomic E-state index is 13.0. The van der Waals surface area contributed by atoms with E-state index < -0.39 is 0 Å². The first-order valence-electron chi connectivity index (χ1n) is 10.6. The molecule has 1 aromatic rings. The van der Waals surface area contributed by atoms with E-state index in [9.17, 15) is 9.59 Å². The highest BCUT2D eigenvalue weighted by atomic mass is 35.5. The van der Waals surface area contributed by atoms with Crippen molar-refractivity contribution >= 4 is 42.3 Å². The van der Waals surface area contributed by atoms with Crippen LogP contribution in [0.1, 0.15) is 30.4 Å². The van der Waals surface area contributed by atoms with E-state index in [4.69, 9.17) is 5.73 Å². The van der Waals surface area contributed by atoms with E-state index in [0.29, 0.717) is 31.5 Å². The van der Waals surface area contributed by atoms with E-state index in [2.05, 4.69) is 10.2 Å². The van der Waals surface area contributed by atoms with E-state index in [1.165, 1.54) is 6.42 Å². The van der Waals surface area contributed by atoms with Crippen LogP contribution in [-0.4, -0.2) is 60.4 Å². The van der Waals surface area contributed by atoms with Gasteiger partial charge in [-0.25, -0.2) is 0 Å². The van der Waals surface area contributed by atoms with Gasteiger partial charge in [0.25, 0.3) is 0 Å². The van der Waals surface area contributed by atoms with E-state index >= 15 is 0 Å². The van der Waals surface area contributed by atoms with Crippen molar-refractivity contribution in [1.82, 2.24) is 9.80 Å². The number of hydrogen-bond acceptors (Lipinski definition) is 4. The molecule has 3 aliphatic rings. The zero-order chi connectivity index (χ0) is 19.8. The molecule has 6 nitrogen and oxygen atoms in total. The topological polar surface area (TPSA) is 78.7 Å². The van der Waals surface area contributed by atoms with E-state index in [1.54, 1.807) is 0 Å². The van der Waals surface area contributed by atoms with Gasteiger partial charge in [-0.15, -0.1) is 24.8 Å². The third-order valence-corrected chi connectivity index (χ3v) is 7.06. The average Bonchev–Trinajstić information content (AvgIpc) is 3.26. The van der Waals surface area contributed by atoms with Crippen LogP contribution in [-0.2, 0) is 9.59 Å². The van der Waals surface area contributed by atoms with E-state index in [1.807, 2.05) is 36.9 Å². The van der Waals surface area contributed by atoms with Gasteiger partial charge >= 0.3 is 0 Å². The van der Waals surface area contributed by atoms with Gasteiger partial charge in [-0.05, 0) is 56.1 Å². The van der Waals surface area contributed by atoms with Gasteiger partial charge in [-0.1, -0.05) is 18.2 Å². The molecule has 168 valence electrons. The Balaban J connectivity index is 0.00000160. The third kappa shape index (κ3) is 4.93. The maximum absolute atomic E-state index is 13.0. The lowest BCUT2D eigenvalue weighted by atomic mass is 9.84. The minimum atomic E-state index is 0. The van der Waals surface area contributed by atoms with Gasteiger partial charge in [0.05, 0.1) is 12.5 Å². The van der Waals surface area contributed by atoms with Crippen LogP contribution in [0.15, 0.2) is 18.2 Å². The lowest BCUT2D eigenvalue weighted by Crippen LogP contribution is -2.54. The minimum Gasteiger partial charge on any atom is -0.340 e. The van der Waals surface area contributed by atoms with Crippen molar-refractivity contribution in [2.24, 2.45) is 23.5 Å². The standard InChI is InChI=1S/C22H32N4O2.2ClH/c1-14-4-3-5-15(2)21(14)24-18(27)13-25-8-10-26(11-9-25)22(28)19-16-6-7-17(12-16)20(19)23;;/h3-5,16-17,19-20H,6-13,23H2,1-2H3,(H,24,27);2*1H. The summed E-state index contributed by atoms with van der Waals surface area (Å²) in [6.07, 6.45) is 3.49. The summed E-state index contributed by atoms with van der Waals surface area (Å²) in [6.45, 7) is 7.24. The van der Waals surface area contributed by atoms with Crippen LogP contribution in [0.5, 0.6) is 0 Å². The summed E-state index contributed by atoms with van der Waals surface area (Å²) >= 11 is 0. The predicted octanol–water partition coefficient (Wildman–Crippen LogP) is 2.60. The lowest BCUT2D eigenvalue weighted by molar-refractivity contribution is -0.139. The molecular formula is C22H34Cl2N4O2. The lowest BCUT2D eigenvalue weighted by Gasteiger charge is -2.38. The number of piperazine rings is 1. The Kier molecular flexibility index (Phi) is 8.57. The smallest absolute Gasteiger partial charge is 0.238 e. The number of rotatable bonds is 4. The number of nitrogens with zero attached hydrogens (tertiary/aromatic N) is 2. The molecule has 3 N–H and O–H groups in total. The van der Waals surface area contributed by atoms with Crippen LogP contribution in [0.4, 0.5) is 5.69 Å². The van der Waals surface area contributed by atoms with Crippen molar-refractivity contribution in [2.45, 2.75) is 39.2 Å². The monoisotopic (exact) mass is 456 g/mol. The van der Waals surface area contributed by atoms with Crippen molar-refractivity contribution in [1.29, 1.82) is 0 Å². The van der Waals surface area contributed by atoms with Gasteiger partial charge in [0.15, 0.2) is 0 Å². The molecule has 4 rings (SSSR count). The quantitative estimate of drug-likeness (QED) is 0.729. The molecule has 4 unspecified atom stereocenters. The van der Waals surface area contributed by atoms with Gasteiger partial charge in [-0.2, -0.15) is 0 Å². The molecule has 1 aliphatic heterocycles. The minimum absolute atomic E-state index is 0. The maximum Gasteiger partial charge on any atom is 0.238 e. The summed E-state index contributed by atoms with van der Waals surface area (Å²) in [5, 5.41) is 3.05. The molecule has 1 aromatic carbocycles. The normalized spacial score (nSPS) is 27.9. The number of halogens is 2. The number of fused-ring (bicyclic) bond motifs is 2. The second-order valence-electron chi connectivity index (χ2n) is 8.85. The number of para-hydroxylation sites is 1. The fraction of sp³-hybridized carbons (Fsp3) is 0.636. The Labute approximate surface area is 191 Å². The largest absolute Gasteiger partial charge is 0.340 e. The first-order chi connectivity index (χ1) is 13.4. The molecular weight excluding hydrogens is 423 g/mol. The number of nitrogens with one attached hydrogen (secondary N) is 1. The first kappa shape index (κ1) is 24.9. The molecule has 2 saturated carbocycles. The number of anilines is 1. The fourth-order valence-electron chi connectivity index (χ4n) is 5.43. The van der Waals surface area contributed by atoms with Crippen LogP contribution < -0.4 is 11.1 Å². The molecule has 2 bridgehead atoms. The average molecular weight is 457 g/mol. The Morgan fingerprint density at radius 3 is 2.20 bits per heavy atom. The van der Waals surface area contributed by atoms with Crippen molar-refractivity contribution in [3.8, 4) is 0 Å². The van der Waals surface area contributed by atoms with Gasteiger partial charge in [0.1, 0.15) is 0 Å². The van der Waals surface area contributed by atoms with Crippen LogP contribution in [0.3, 0.4) is 0 Å². The van der Waals surface area contributed by atoms with Gasteiger partial charge in [0, 0.05) is 37.9 Å². The summed E-state index contributed by atoms with van der Waals surface area (Å²) < 4.78 is 0. The predicted molar refractivity (Wildman–Crippen MR) is 124 cm³/mol.